The van der Waals surface area contributed by atoms with Crippen molar-refractivity contribution in [3.8, 4) is 0 Å². The van der Waals surface area contributed by atoms with E-state index in [4.69, 9.17) is 11.6 Å². The molecule has 1 unspecified atom stereocenters. The van der Waals surface area contributed by atoms with Gasteiger partial charge < -0.3 is 0 Å². The number of hydrogen-bond donors (Lipinski definition) is 0. The normalized spacial score (nSPS) is 12.8. The Labute approximate surface area is 118 Å². The van der Waals surface area contributed by atoms with Gasteiger partial charge >= 0.3 is 0 Å². The topological polar surface area (TPSA) is 0 Å². The maximum absolute atomic E-state index is 13.9. The lowest BCUT2D eigenvalue weighted by Crippen LogP contribution is -1.97. The fourth-order valence-corrected chi connectivity index (χ4v) is 3.91. The van der Waals surface area contributed by atoms with Crippen LogP contribution in [-0.2, 0) is 0 Å². The molecule has 0 aliphatic rings. The van der Waals surface area contributed by atoms with Crippen LogP contribution in [0.1, 0.15) is 25.7 Å². The summed E-state index contributed by atoms with van der Waals surface area (Å²) in [7, 11) is 0. The predicted molar refractivity (Wildman–Crippen MR) is 76.0 cm³/mol. The Kier molecular flexibility index (Phi) is 3.91. The van der Waals surface area contributed by atoms with Crippen LogP contribution in [0.15, 0.2) is 24.3 Å². The van der Waals surface area contributed by atoms with Gasteiger partial charge in [-0.15, -0.1) is 11.3 Å². The van der Waals surface area contributed by atoms with E-state index in [-0.39, 0.29) is 15.7 Å². The van der Waals surface area contributed by atoms with Gasteiger partial charge in [-0.2, -0.15) is 0 Å². The molecule has 0 nitrogen and oxygen atoms in total. The molecular formula is C13H11BrClFS. The molecule has 1 aromatic carbocycles. The van der Waals surface area contributed by atoms with Crippen LogP contribution in [0.3, 0.4) is 0 Å². The molecule has 0 N–H and O–H groups in total. The van der Waals surface area contributed by atoms with Crippen molar-refractivity contribution in [2.45, 2.75) is 18.7 Å². The van der Waals surface area contributed by atoms with Crippen LogP contribution in [0.5, 0.6) is 0 Å². The first-order valence-electron chi connectivity index (χ1n) is 5.15. The molecule has 0 saturated carbocycles. The van der Waals surface area contributed by atoms with Crippen molar-refractivity contribution in [1.82, 2.24) is 0 Å². The summed E-state index contributed by atoms with van der Waals surface area (Å²) in [6.07, 6.45) is 0. The van der Waals surface area contributed by atoms with Gasteiger partial charge in [-0.05, 0) is 31.5 Å². The molecule has 0 aliphatic carbocycles. The summed E-state index contributed by atoms with van der Waals surface area (Å²) in [6.45, 7) is 4.10. The number of aryl methyl sites for hydroxylation is 2. The van der Waals surface area contributed by atoms with Crippen molar-refractivity contribution in [3.05, 3.63) is 56.0 Å². The third-order valence-electron chi connectivity index (χ3n) is 2.61. The fraction of sp³-hybridized carbons (Fsp3) is 0.231. The lowest BCUT2D eigenvalue weighted by molar-refractivity contribution is 0.614. The average Bonchev–Trinajstić information content (AvgIpc) is 2.61. The molecular weight excluding hydrogens is 323 g/mol. The summed E-state index contributed by atoms with van der Waals surface area (Å²) in [4.78, 5) is 2.28. The number of benzene rings is 1. The van der Waals surface area contributed by atoms with Crippen LogP contribution in [0.2, 0.25) is 5.02 Å². The lowest BCUT2D eigenvalue weighted by atomic mass is 10.0. The van der Waals surface area contributed by atoms with E-state index in [0.717, 1.165) is 5.56 Å². The maximum atomic E-state index is 13.9. The lowest BCUT2D eigenvalue weighted by Gasteiger charge is -2.11. The molecule has 1 heterocycles. The Morgan fingerprint density at radius 3 is 2.59 bits per heavy atom. The Morgan fingerprint density at radius 1 is 1.29 bits per heavy atom. The highest BCUT2D eigenvalue weighted by Crippen LogP contribution is 2.38. The van der Waals surface area contributed by atoms with Gasteiger partial charge in [0.2, 0.25) is 0 Å². The van der Waals surface area contributed by atoms with Gasteiger partial charge in [-0.3, -0.25) is 0 Å². The minimum Gasteiger partial charge on any atom is -0.205 e. The van der Waals surface area contributed by atoms with E-state index in [2.05, 4.69) is 28.9 Å². The van der Waals surface area contributed by atoms with Crippen molar-refractivity contribution >= 4 is 38.9 Å². The molecule has 0 fully saturated rings. The van der Waals surface area contributed by atoms with E-state index < -0.39 is 0 Å². The molecule has 0 radical (unpaired) electrons. The van der Waals surface area contributed by atoms with Gasteiger partial charge in [-0.25, -0.2) is 4.39 Å². The van der Waals surface area contributed by atoms with E-state index in [1.165, 1.54) is 9.75 Å². The van der Waals surface area contributed by atoms with Crippen molar-refractivity contribution in [2.24, 2.45) is 0 Å². The van der Waals surface area contributed by atoms with Crippen molar-refractivity contribution < 1.29 is 4.39 Å². The Bertz CT molecular complexity index is 550. The highest BCUT2D eigenvalue weighted by atomic mass is 79.9. The van der Waals surface area contributed by atoms with Gasteiger partial charge in [-0.1, -0.05) is 39.7 Å². The molecule has 1 atom stereocenters. The van der Waals surface area contributed by atoms with Gasteiger partial charge in [0.1, 0.15) is 5.82 Å². The molecule has 1 aromatic heterocycles. The minimum absolute atomic E-state index is 0.147. The molecule has 2 aromatic rings. The molecule has 0 saturated heterocycles. The van der Waals surface area contributed by atoms with Gasteiger partial charge in [0, 0.05) is 15.3 Å². The molecule has 0 spiro atoms. The summed E-state index contributed by atoms with van der Waals surface area (Å²) >= 11 is 11.1. The first-order valence-corrected chi connectivity index (χ1v) is 7.26. The van der Waals surface area contributed by atoms with Crippen molar-refractivity contribution in [1.29, 1.82) is 0 Å². The van der Waals surface area contributed by atoms with Crippen LogP contribution in [0.4, 0.5) is 4.39 Å². The molecule has 0 aliphatic heterocycles. The standard InChI is InChI=1S/C13H11BrClFS/c1-7-6-10(8(2)17-7)12(14)9-4-3-5-11(15)13(9)16/h3-6,12H,1-2H3. The average molecular weight is 334 g/mol. The van der Waals surface area contributed by atoms with Crippen LogP contribution >= 0.6 is 38.9 Å². The van der Waals surface area contributed by atoms with E-state index in [0.29, 0.717) is 5.56 Å². The predicted octanol–water partition coefficient (Wildman–Crippen LogP) is 5.64. The summed E-state index contributed by atoms with van der Waals surface area (Å²) in [5.41, 5.74) is 1.69. The van der Waals surface area contributed by atoms with Gasteiger partial charge in [0.25, 0.3) is 0 Å². The van der Waals surface area contributed by atoms with Crippen LogP contribution in [0, 0.1) is 19.7 Å². The summed E-state index contributed by atoms with van der Waals surface area (Å²) in [6, 6.07) is 7.17. The van der Waals surface area contributed by atoms with Crippen LogP contribution < -0.4 is 0 Å². The van der Waals surface area contributed by atoms with Crippen molar-refractivity contribution in [2.75, 3.05) is 0 Å². The van der Waals surface area contributed by atoms with Gasteiger partial charge in [0.05, 0.1) is 9.85 Å². The number of hydrogen-bond acceptors (Lipinski definition) is 1. The summed E-state index contributed by atoms with van der Waals surface area (Å²) < 4.78 is 13.9. The quantitative estimate of drug-likeness (QED) is 0.624. The number of halogens is 3. The van der Waals surface area contributed by atoms with Gasteiger partial charge in [0.15, 0.2) is 0 Å². The zero-order chi connectivity index (χ0) is 12.6. The number of rotatable bonds is 2. The Hall–Kier alpha value is -0.380. The summed E-state index contributed by atoms with van der Waals surface area (Å²) in [5.74, 6) is -0.348. The number of alkyl halides is 1. The minimum atomic E-state index is -0.348. The second-order valence-electron chi connectivity index (χ2n) is 3.87. The second-order valence-corrected chi connectivity index (χ2v) is 6.66. The molecule has 0 bridgehead atoms. The first kappa shape index (κ1) is 13.1. The van der Waals surface area contributed by atoms with Crippen LogP contribution in [0.25, 0.3) is 0 Å². The molecule has 90 valence electrons. The Morgan fingerprint density at radius 2 is 2.00 bits per heavy atom. The second kappa shape index (κ2) is 5.09. The van der Waals surface area contributed by atoms with E-state index in [1.807, 2.05) is 6.92 Å². The van der Waals surface area contributed by atoms with Crippen LogP contribution in [-0.4, -0.2) is 0 Å². The van der Waals surface area contributed by atoms with Crippen molar-refractivity contribution in [3.63, 3.8) is 0 Å². The van der Waals surface area contributed by atoms with E-state index in [9.17, 15) is 4.39 Å². The first-order chi connectivity index (χ1) is 8.00. The summed E-state index contributed by atoms with van der Waals surface area (Å²) in [5, 5.41) is 0.163. The number of thiophene rings is 1. The van der Waals surface area contributed by atoms with E-state index >= 15 is 0 Å². The zero-order valence-corrected chi connectivity index (χ0v) is 12.6. The Balaban J connectivity index is 2.47. The molecule has 17 heavy (non-hydrogen) atoms. The highest BCUT2D eigenvalue weighted by Gasteiger charge is 2.19. The molecule has 2 rings (SSSR count). The fourth-order valence-electron chi connectivity index (χ4n) is 1.79. The van der Waals surface area contributed by atoms with E-state index in [1.54, 1.807) is 29.5 Å². The third-order valence-corrected chi connectivity index (χ3v) is 4.87. The molecule has 0 amide bonds. The molecule has 4 heteroatoms. The smallest absolute Gasteiger partial charge is 0.146 e. The monoisotopic (exact) mass is 332 g/mol. The largest absolute Gasteiger partial charge is 0.205 e. The third kappa shape index (κ3) is 2.56. The zero-order valence-electron chi connectivity index (χ0n) is 9.43. The maximum Gasteiger partial charge on any atom is 0.146 e. The SMILES string of the molecule is Cc1cc(C(Br)c2cccc(Cl)c2F)c(C)s1. The highest BCUT2D eigenvalue weighted by molar-refractivity contribution is 9.09.